The number of benzene rings is 3. The molecule has 0 radical (unpaired) electrons. The van der Waals surface area contributed by atoms with Crippen LogP contribution in [0.1, 0.15) is 5.56 Å². The van der Waals surface area contributed by atoms with E-state index in [1.54, 1.807) is 18.2 Å². The summed E-state index contributed by atoms with van der Waals surface area (Å²) in [7, 11) is -3.88. The predicted octanol–water partition coefficient (Wildman–Crippen LogP) is 3.70. The van der Waals surface area contributed by atoms with E-state index in [2.05, 4.69) is 9.93 Å². The molecule has 0 aliphatic rings. The van der Waals surface area contributed by atoms with Gasteiger partial charge in [-0.2, -0.15) is 13.5 Å². The van der Waals surface area contributed by atoms with Crippen LogP contribution in [0.3, 0.4) is 0 Å². The zero-order valence-electron chi connectivity index (χ0n) is 14.4. The highest BCUT2D eigenvalue weighted by molar-refractivity contribution is 7.89. The first-order chi connectivity index (χ1) is 13.4. The van der Waals surface area contributed by atoms with Crippen molar-refractivity contribution in [1.29, 1.82) is 0 Å². The Hall–Kier alpha value is -3.72. The highest BCUT2D eigenvalue weighted by Crippen LogP contribution is 2.22. The minimum atomic E-state index is -3.88. The molecule has 142 valence electrons. The summed E-state index contributed by atoms with van der Waals surface area (Å²) in [6.07, 6.45) is 1.19. The topological polar surface area (TPSA) is 111 Å². The fraction of sp³-hybridized carbons (Fsp3) is 0. The second-order valence-corrected chi connectivity index (χ2v) is 7.25. The third kappa shape index (κ3) is 4.92. The van der Waals surface area contributed by atoms with Crippen LogP contribution < -0.4 is 9.57 Å². The number of para-hydroxylation sites is 1. The smallest absolute Gasteiger partial charge is 0.276 e. The van der Waals surface area contributed by atoms with Crippen LogP contribution in [0, 0.1) is 10.1 Å². The van der Waals surface area contributed by atoms with Crippen molar-refractivity contribution in [2.24, 2.45) is 5.10 Å². The first-order valence-corrected chi connectivity index (χ1v) is 9.55. The van der Waals surface area contributed by atoms with Crippen molar-refractivity contribution in [3.8, 4) is 11.5 Å². The molecule has 9 heteroatoms. The summed E-state index contributed by atoms with van der Waals surface area (Å²) in [5.74, 6) is 1.13. The normalized spacial score (nSPS) is 11.3. The Morgan fingerprint density at radius 3 is 2.29 bits per heavy atom. The van der Waals surface area contributed by atoms with Crippen molar-refractivity contribution in [3.63, 3.8) is 0 Å². The number of ether oxygens (including phenoxy) is 1. The molecule has 0 heterocycles. The predicted molar refractivity (Wildman–Crippen MR) is 104 cm³/mol. The van der Waals surface area contributed by atoms with Gasteiger partial charge < -0.3 is 4.74 Å². The molecule has 0 amide bonds. The molecule has 1 N–H and O–H groups in total. The fourth-order valence-electron chi connectivity index (χ4n) is 2.25. The Labute approximate surface area is 161 Å². The molecule has 0 spiro atoms. The summed E-state index contributed by atoms with van der Waals surface area (Å²) < 4.78 is 30.2. The van der Waals surface area contributed by atoms with Crippen LogP contribution in [0.25, 0.3) is 0 Å². The zero-order valence-corrected chi connectivity index (χ0v) is 15.2. The minimum Gasteiger partial charge on any atom is -0.457 e. The Morgan fingerprint density at radius 1 is 0.929 bits per heavy atom. The van der Waals surface area contributed by atoms with Crippen molar-refractivity contribution in [2.75, 3.05) is 0 Å². The minimum absolute atomic E-state index is 0.00380. The quantitative estimate of drug-likeness (QED) is 0.371. The summed E-state index contributed by atoms with van der Waals surface area (Å²) in [6.45, 7) is 0. The number of nitro benzene ring substituents is 1. The number of sulfonamides is 1. The van der Waals surface area contributed by atoms with Gasteiger partial charge >= 0.3 is 0 Å². The molecule has 3 aromatic carbocycles. The summed E-state index contributed by atoms with van der Waals surface area (Å²) in [4.78, 5) is 12.3. The molecule has 0 atom stereocenters. The largest absolute Gasteiger partial charge is 0.457 e. The maximum Gasteiger partial charge on any atom is 0.276 e. The van der Waals surface area contributed by atoms with Crippen molar-refractivity contribution < 1.29 is 18.1 Å². The highest BCUT2D eigenvalue weighted by Gasteiger charge is 2.13. The Kier molecular flexibility index (Phi) is 5.66. The SMILES string of the molecule is O=[N+]([O-])c1cccc(/C=N\NS(=O)(=O)c2ccc(Oc3ccccc3)cc2)c1. The molecule has 0 bridgehead atoms. The van der Waals surface area contributed by atoms with E-state index in [0.717, 1.165) is 0 Å². The van der Waals surface area contributed by atoms with E-state index in [1.165, 1.54) is 48.7 Å². The molecule has 0 aliphatic carbocycles. The molecule has 0 unspecified atom stereocenters. The van der Waals surface area contributed by atoms with Crippen LogP contribution in [0.2, 0.25) is 0 Å². The maximum absolute atomic E-state index is 12.3. The standard InChI is InChI=1S/C19H15N3O5S/c23-22(24)16-6-4-5-15(13-16)14-20-21-28(25,26)19-11-9-18(10-12-19)27-17-7-2-1-3-8-17/h1-14,21H/b20-14-. The number of hydrogen-bond donors (Lipinski definition) is 1. The lowest BCUT2D eigenvalue weighted by molar-refractivity contribution is -0.384. The summed E-state index contributed by atoms with van der Waals surface area (Å²) in [6, 6.07) is 20.6. The van der Waals surface area contributed by atoms with Gasteiger partial charge in [0.05, 0.1) is 16.0 Å². The fourth-order valence-corrected chi connectivity index (χ4v) is 3.04. The number of nitrogens with zero attached hydrogens (tertiary/aromatic N) is 2. The van der Waals surface area contributed by atoms with Gasteiger partial charge in [-0.1, -0.05) is 30.3 Å². The van der Waals surface area contributed by atoms with E-state index in [-0.39, 0.29) is 10.6 Å². The van der Waals surface area contributed by atoms with E-state index in [1.807, 2.05) is 18.2 Å². The molecule has 0 fully saturated rings. The maximum atomic E-state index is 12.3. The van der Waals surface area contributed by atoms with Gasteiger partial charge in [0.15, 0.2) is 0 Å². The van der Waals surface area contributed by atoms with Gasteiger partial charge in [0.2, 0.25) is 0 Å². The summed E-state index contributed by atoms with van der Waals surface area (Å²) in [5, 5.41) is 14.4. The molecule has 0 aromatic heterocycles. The van der Waals surface area contributed by atoms with Crippen LogP contribution in [0.4, 0.5) is 5.69 Å². The Bertz CT molecular complexity index is 1100. The highest BCUT2D eigenvalue weighted by atomic mass is 32.2. The third-order valence-electron chi connectivity index (χ3n) is 3.58. The van der Waals surface area contributed by atoms with Gasteiger partial charge in [-0.15, -0.1) is 0 Å². The van der Waals surface area contributed by atoms with Crippen molar-refractivity contribution in [2.45, 2.75) is 4.90 Å². The van der Waals surface area contributed by atoms with E-state index < -0.39 is 14.9 Å². The molecule has 0 saturated heterocycles. The number of rotatable bonds is 7. The van der Waals surface area contributed by atoms with Crippen molar-refractivity contribution in [3.05, 3.63) is 94.5 Å². The molecular formula is C19H15N3O5S. The third-order valence-corrected chi connectivity index (χ3v) is 4.82. The second kappa shape index (κ2) is 8.31. The number of nitro groups is 1. The van der Waals surface area contributed by atoms with Gasteiger partial charge in [0.25, 0.3) is 15.7 Å². The lowest BCUT2D eigenvalue weighted by Crippen LogP contribution is -2.18. The number of non-ortho nitro benzene ring substituents is 1. The second-order valence-electron chi connectivity index (χ2n) is 5.59. The van der Waals surface area contributed by atoms with Crippen LogP contribution in [0.5, 0.6) is 11.5 Å². The molecular weight excluding hydrogens is 382 g/mol. The van der Waals surface area contributed by atoms with E-state index in [0.29, 0.717) is 17.1 Å². The lowest BCUT2D eigenvalue weighted by Gasteiger charge is -2.07. The average molecular weight is 397 g/mol. The molecule has 3 aromatic rings. The van der Waals surface area contributed by atoms with Crippen LogP contribution >= 0.6 is 0 Å². The van der Waals surface area contributed by atoms with E-state index in [9.17, 15) is 18.5 Å². The van der Waals surface area contributed by atoms with Gasteiger partial charge in [-0.3, -0.25) is 10.1 Å². The van der Waals surface area contributed by atoms with Gasteiger partial charge in [-0.25, -0.2) is 4.83 Å². The molecule has 3 rings (SSSR count). The van der Waals surface area contributed by atoms with Crippen molar-refractivity contribution >= 4 is 21.9 Å². The molecule has 28 heavy (non-hydrogen) atoms. The Balaban J connectivity index is 1.67. The van der Waals surface area contributed by atoms with Crippen LogP contribution in [-0.2, 0) is 10.0 Å². The zero-order chi connectivity index (χ0) is 20.0. The lowest BCUT2D eigenvalue weighted by atomic mass is 10.2. The van der Waals surface area contributed by atoms with Gasteiger partial charge in [0.1, 0.15) is 11.5 Å². The first kappa shape index (κ1) is 19.1. The Morgan fingerprint density at radius 2 is 1.61 bits per heavy atom. The summed E-state index contributed by atoms with van der Waals surface area (Å²) >= 11 is 0. The number of hydrazone groups is 1. The number of nitrogens with one attached hydrogen (secondary N) is 1. The van der Waals surface area contributed by atoms with Gasteiger partial charge in [-0.05, 0) is 36.4 Å². The van der Waals surface area contributed by atoms with E-state index >= 15 is 0 Å². The molecule has 8 nitrogen and oxygen atoms in total. The van der Waals surface area contributed by atoms with Crippen molar-refractivity contribution in [1.82, 2.24) is 4.83 Å². The summed E-state index contributed by atoms with van der Waals surface area (Å²) in [5.41, 5.74) is 0.282. The van der Waals surface area contributed by atoms with Gasteiger partial charge in [0, 0.05) is 17.7 Å². The van der Waals surface area contributed by atoms with E-state index in [4.69, 9.17) is 4.74 Å². The number of hydrogen-bond acceptors (Lipinski definition) is 6. The molecule has 0 aliphatic heterocycles. The first-order valence-electron chi connectivity index (χ1n) is 8.06. The average Bonchev–Trinajstić information content (AvgIpc) is 2.69. The van der Waals surface area contributed by atoms with Crippen LogP contribution in [0.15, 0.2) is 88.9 Å². The van der Waals surface area contributed by atoms with Crippen LogP contribution in [-0.4, -0.2) is 19.6 Å². The molecule has 0 saturated carbocycles. The monoisotopic (exact) mass is 397 g/mol.